The van der Waals surface area contributed by atoms with Crippen LogP contribution in [0.3, 0.4) is 0 Å². The fourth-order valence-electron chi connectivity index (χ4n) is 1.80. The number of carbonyl (C=O) groups excluding carboxylic acids is 1. The summed E-state index contributed by atoms with van der Waals surface area (Å²) in [5, 5.41) is 0. The second kappa shape index (κ2) is 5.96. The minimum atomic E-state index is -0.177. The molecule has 0 unspecified atom stereocenters. The molecular formula is C13H22N2O2. The zero-order valence-corrected chi connectivity index (χ0v) is 11.2. The number of nitrogens with zero attached hydrogens (tertiary/aromatic N) is 2. The van der Waals surface area contributed by atoms with Crippen molar-refractivity contribution in [2.45, 2.75) is 39.0 Å². The molecule has 0 radical (unpaired) electrons. The molecule has 0 saturated carbocycles. The monoisotopic (exact) mass is 238 g/mol. The maximum atomic E-state index is 10.8. The quantitative estimate of drug-likeness (QED) is 0.541. The molecule has 4 heteroatoms. The first kappa shape index (κ1) is 13.9. The van der Waals surface area contributed by atoms with Gasteiger partial charge in [-0.25, -0.2) is 4.98 Å². The SMILES string of the molecule is CCCCOCC(C)(C)c1ncc(C=O)n1C. The first-order valence-corrected chi connectivity index (χ1v) is 6.08. The van der Waals surface area contributed by atoms with E-state index < -0.39 is 0 Å². The van der Waals surface area contributed by atoms with E-state index in [2.05, 4.69) is 25.8 Å². The van der Waals surface area contributed by atoms with E-state index in [0.717, 1.165) is 31.6 Å². The van der Waals surface area contributed by atoms with Gasteiger partial charge in [-0.15, -0.1) is 0 Å². The highest BCUT2D eigenvalue weighted by molar-refractivity contribution is 5.71. The van der Waals surface area contributed by atoms with Gasteiger partial charge >= 0.3 is 0 Å². The minimum Gasteiger partial charge on any atom is -0.380 e. The summed E-state index contributed by atoms with van der Waals surface area (Å²) in [6, 6.07) is 0. The molecular weight excluding hydrogens is 216 g/mol. The molecule has 17 heavy (non-hydrogen) atoms. The Labute approximate surface area is 103 Å². The zero-order valence-electron chi connectivity index (χ0n) is 11.2. The molecule has 0 amide bonds. The Morgan fingerprint density at radius 2 is 2.24 bits per heavy atom. The van der Waals surface area contributed by atoms with E-state index in [1.807, 2.05) is 11.6 Å². The van der Waals surface area contributed by atoms with Crippen molar-refractivity contribution in [3.8, 4) is 0 Å². The highest BCUT2D eigenvalue weighted by atomic mass is 16.5. The van der Waals surface area contributed by atoms with E-state index in [-0.39, 0.29) is 5.41 Å². The summed E-state index contributed by atoms with van der Waals surface area (Å²) in [5.74, 6) is 0.885. The number of rotatable bonds is 7. The van der Waals surface area contributed by atoms with E-state index in [9.17, 15) is 4.79 Å². The molecule has 1 rings (SSSR count). The Morgan fingerprint density at radius 1 is 1.53 bits per heavy atom. The molecule has 0 aliphatic heterocycles. The van der Waals surface area contributed by atoms with Gasteiger partial charge in [0.05, 0.1) is 12.8 Å². The molecule has 96 valence electrons. The van der Waals surface area contributed by atoms with Gasteiger partial charge in [-0.05, 0) is 6.42 Å². The van der Waals surface area contributed by atoms with E-state index >= 15 is 0 Å². The highest BCUT2D eigenvalue weighted by Gasteiger charge is 2.26. The molecule has 0 bridgehead atoms. The predicted molar refractivity (Wildman–Crippen MR) is 67.3 cm³/mol. The summed E-state index contributed by atoms with van der Waals surface area (Å²) >= 11 is 0. The summed E-state index contributed by atoms with van der Waals surface area (Å²) < 4.78 is 7.48. The van der Waals surface area contributed by atoms with Crippen LogP contribution in [0.1, 0.15) is 49.9 Å². The molecule has 0 N–H and O–H groups in total. The van der Waals surface area contributed by atoms with Crippen molar-refractivity contribution in [2.24, 2.45) is 7.05 Å². The molecule has 4 nitrogen and oxygen atoms in total. The minimum absolute atomic E-state index is 0.177. The maximum absolute atomic E-state index is 10.8. The molecule has 0 fully saturated rings. The fourth-order valence-corrected chi connectivity index (χ4v) is 1.80. The predicted octanol–water partition coefficient (Wildman–Crippen LogP) is 2.33. The van der Waals surface area contributed by atoms with Crippen molar-refractivity contribution in [1.29, 1.82) is 0 Å². The molecule has 1 aromatic heterocycles. The Morgan fingerprint density at radius 3 is 2.76 bits per heavy atom. The summed E-state index contributed by atoms with van der Waals surface area (Å²) in [6.45, 7) is 7.70. The number of imidazole rings is 1. The van der Waals surface area contributed by atoms with E-state index in [0.29, 0.717) is 12.3 Å². The lowest BCUT2D eigenvalue weighted by molar-refractivity contribution is 0.0884. The third-order valence-electron chi connectivity index (χ3n) is 2.86. The van der Waals surface area contributed by atoms with Gasteiger partial charge in [-0.3, -0.25) is 4.79 Å². The number of unbranched alkanes of at least 4 members (excludes halogenated alkanes) is 1. The smallest absolute Gasteiger partial charge is 0.168 e. The molecule has 1 aromatic rings. The molecule has 0 aliphatic rings. The first-order valence-electron chi connectivity index (χ1n) is 6.08. The second-order valence-corrected chi connectivity index (χ2v) is 4.97. The Kier molecular flexibility index (Phi) is 4.87. The topological polar surface area (TPSA) is 44.1 Å². The van der Waals surface area contributed by atoms with Crippen LogP contribution >= 0.6 is 0 Å². The molecule has 0 saturated heterocycles. The van der Waals surface area contributed by atoms with Crippen LogP contribution in [0, 0.1) is 0 Å². The molecule has 0 aliphatic carbocycles. The van der Waals surface area contributed by atoms with Crippen LogP contribution < -0.4 is 0 Å². The number of hydrogen-bond donors (Lipinski definition) is 0. The van der Waals surface area contributed by atoms with Crippen LogP contribution in [0.25, 0.3) is 0 Å². The molecule has 1 heterocycles. The summed E-state index contributed by atoms with van der Waals surface area (Å²) in [5.41, 5.74) is 0.422. The van der Waals surface area contributed by atoms with Gasteiger partial charge in [-0.1, -0.05) is 27.2 Å². The molecule has 0 atom stereocenters. The van der Waals surface area contributed by atoms with Crippen molar-refractivity contribution in [2.75, 3.05) is 13.2 Å². The van der Waals surface area contributed by atoms with Gasteiger partial charge in [0, 0.05) is 19.1 Å². The summed E-state index contributed by atoms with van der Waals surface area (Å²) in [4.78, 5) is 15.1. The van der Waals surface area contributed by atoms with Crippen molar-refractivity contribution < 1.29 is 9.53 Å². The van der Waals surface area contributed by atoms with Gasteiger partial charge in [0.1, 0.15) is 11.5 Å². The average Bonchev–Trinajstić information content (AvgIpc) is 2.66. The average molecular weight is 238 g/mol. The summed E-state index contributed by atoms with van der Waals surface area (Å²) in [6.07, 6.45) is 4.65. The normalized spacial score (nSPS) is 11.8. The Hall–Kier alpha value is -1.16. The van der Waals surface area contributed by atoms with E-state index in [1.165, 1.54) is 0 Å². The highest BCUT2D eigenvalue weighted by Crippen LogP contribution is 2.22. The van der Waals surface area contributed by atoms with Crippen molar-refractivity contribution in [3.63, 3.8) is 0 Å². The van der Waals surface area contributed by atoms with Crippen molar-refractivity contribution in [1.82, 2.24) is 9.55 Å². The van der Waals surface area contributed by atoms with Gasteiger partial charge in [-0.2, -0.15) is 0 Å². The zero-order chi connectivity index (χ0) is 12.9. The van der Waals surface area contributed by atoms with Gasteiger partial charge in [0.15, 0.2) is 6.29 Å². The van der Waals surface area contributed by atoms with Gasteiger partial charge in [0.2, 0.25) is 0 Å². The van der Waals surface area contributed by atoms with Crippen LogP contribution in [0.5, 0.6) is 0 Å². The molecule has 0 spiro atoms. The lowest BCUT2D eigenvalue weighted by Crippen LogP contribution is -2.28. The van der Waals surface area contributed by atoms with Crippen molar-refractivity contribution >= 4 is 6.29 Å². The largest absolute Gasteiger partial charge is 0.380 e. The standard InChI is InChI=1S/C13H22N2O2/c1-5-6-7-17-10-13(2,3)12-14-8-11(9-16)15(12)4/h8-9H,5-7,10H2,1-4H3. The van der Waals surface area contributed by atoms with Crippen molar-refractivity contribution in [3.05, 3.63) is 17.7 Å². The number of aromatic nitrogens is 2. The third kappa shape index (κ3) is 3.40. The van der Waals surface area contributed by atoms with Crippen LogP contribution in [0.2, 0.25) is 0 Å². The van der Waals surface area contributed by atoms with Crippen LogP contribution in [-0.2, 0) is 17.2 Å². The molecule has 0 aromatic carbocycles. The summed E-state index contributed by atoms with van der Waals surface area (Å²) in [7, 11) is 1.86. The Bertz CT molecular complexity index is 369. The fraction of sp³-hybridized carbons (Fsp3) is 0.692. The second-order valence-electron chi connectivity index (χ2n) is 4.97. The number of hydrogen-bond acceptors (Lipinski definition) is 3. The van der Waals surface area contributed by atoms with Gasteiger partial charge in [0.25, 0.3) is 0 Å². The van der Waals surface area contributed by atoms with Crippen LogP contribution in [-0.4, -0.2) is 29.1 Å². The maximum Gasteiger partial charge on any atom is 0.168 e. The van der Waals surface area contributed by atoms with E-state index in [4.69, 9.17) is 4.74 Å². The number of aldehydes is 1. The Balaban J connectivity index is 2.68. The first-order chi connectivity index (χ1) is 8.03. The third-order valence-corrected chi connectivity index (χ3v) is 2.86. The van der Waals surface area contributed by atoms with Crippen LogP contribution in [0.15, 0.2) is 6.20 Å². The van der Waals surface area contributed by atoms with Crippen LogP contribution in [0.4, 0.5) is 0 Å². The van der Waals surface area contributed by atoms with Gasteiger partial charge < -0.3 is 9.30 Å². The number of carbonyl (C=O) groups is 1. The lowest BCUT2D eigenvalue weighted by Gasteiger charge is -2.24. The number of ether oxygens (including phenoxy) is 1. The van der Waals surface area contributed by atoms with E-state index in [1.54, 1.807) is 6.20 Å². The lowest BCUT2D eigenvalue weighted by atomic mass is 9.93.